The molecule has 71 heavy (non-hydrogen) atoms. The molecule has 14 rings (SSSR count). The van der Waals surface area contributed by atoms with Gasteiger partial charge < -0.3 is 13.6 Å². The van der Waals surface area contributed by atoms with Gasteiger partial charge >= 0.3 is 0 Å². The van der Waals surface area contributed by atoms with Crippen LogP contribution in [0.5, 0.6) is 0 Å². The SMILES string of the molecule is c1ccc(-c2nc(-c3ccccc3)nc(-c3ccc(-n4c5ccccc5c5ccc6c7ccccc7n(-c7ccc(-c8cccc(-c9cccc%10nc(-c%11ccccc%11)oc9%10)c8)cc7)c6c54)cc3)n2)cc1. The summed E-state index contributed by atoms with van der Waals surface area (Å²) < 4.78 is 11.3. The van der Waals surface area contributed by atoms with E-state index < -0.39 is 0 Å². The van der Waals surface area contributed by atoms with E-state index in [1.807, 2.05) is 103 Å². The van der Waals surface area contributed by atoms with Crippen molar-refractivity contribution in [3.05, 3.63) is 243 Å². The number of nitrogens with zero attached hydrogens (tertiary/aromatic N) is 6. The Hall–Kier alpha value is -9.72. The molecule has 10 aromatic carbocycles. The van der Waals surface area contributed by atoms with Crippen LogP contribution in [-0.4, -0.2) is 29.1 Å². The Morgan fingerprint density at radius 3 is 1.28 bits per heavy atom. The normalized spacial score (nSPS) is 11.7. The predicted molar refractivity (Wildman–Crippen MR) is 289 cm³/mol. The molecule has 14 aromatic rings. The van der Waals surface area contributed by atoms with Gasteiger partial charge in [-0.1, -0.05) is 170 Å². The summed E-state index contributed by atoms with van der Waals surface area (Å²) in [5.41, 5.74) is 16.3. The van der Waals surface area contributed by atoms with E-state index in [9.17, 15) is 0 Å². The van der Waals surface area contributed by atoms with Crippen molar-refractivity contribution in [1.29, 1.82) is 0 Å². The molecule has 0 N–H and O–H groups in total. The van der Waals surface area contributed by atoms with E-state index in [0.717, 1.165) is 89.0 Å². The minimum Gasteiger partial charge on any atom is -0.435 e. The Balaban J connectivity index is 0.890. The molecule has 4 heterocycles. The Kier molecular flexibility index (Phi) is 9.38. The van der Waals surface area contributed by atoms with Gasteiger partial charge in [-0.15, -0.1) is 0 Å². The number of hydrogen-bond acceptors (Lipinski definition) is 5. The van der Waals surface area contributed by atoms with Gasteiger partial charge in [0.2, 0.25) is 5.89 Å². The van der Waals surface area contributed by atoms with Crippen LogP contribution < -0.4 is 0 Å². The number of fused-ring (bicyclic) bond motifs is 8. The summed E-state index contributed by atoms with van der Waals surface area (Å²) in [5.74, 6) is 2.51. The van der Waals surface area contributed by atoms with Gasteiger partial charge in [-0.25, -0.2) is 19.9 Å². The van der Waals surface area contributed by atoms with Crippen molar-refractivity contribution in [2.75, 3.05) is 0 Å². The Morgan fingerprint density at radius 2 is 0.732 bits per heavy atom. The molecule has 0 aliphatic rings. The Bertz CT molecular complexity index is 4250. The van der Waals surface area contributed by atoms with Crippen LogP contribution in [0, 0.1) is 0 Å². The molecular formula is C64H40N6O. The Morgan fingerprint density at radius 1 is 0.296 bits per heavy atom. The molecule has 7 nitrogen and oxygen atoms in total. The molecular weight excluding hydrogens is 869 g/mol. The smallest absolute Gasteiger partial charge is 0.227 e. The topological polar surface area (TPSA) is 74.6 Å². The molecule has 0 fully saturated rings. The number of benzene rings is 10. The lowest BCUT2D eigenvalue weighted by Gasteiger charge is -2.14. The fourth-order valence-corrected chi connectivity index (χ4v) is 10.3. The van der Waals surface area contributed by atoms with Crippen molar-refractivity contribution in [2.24, 2.45) is 0 Å². The second kappa shape index (κ2) is 16.5. The number of oxazole rings is 1. The van der Waals surface area contributed by atoms with Gasteiger partial charge in [0, 0.05) is 60.7 Å². The van der Waals surface area contributed by atoms with Crippen molar-refractivity contribution in [3.63, 3.8) is 0 Å². The van der Waals surface area contributed by atoms with Gasteiger partial charge in [0.1, 0.15) is 5.52 Å². The summed E-state index contributed by atoms with van der Waals surface area (Å²) in [5, 5.41) is 4.76. The van der Waals surface area contributed by atoms with E-state index in [0.29, 0.717) is 23.4 Å². The molecule has 0 spiro atoms. The van der Waals surface area contributed by atoms with Gasteiger partial charge in [-0.3, -0.25) is 0 Å². The first-order valence-corrected chi connectivity index (χ1v) is 23.8. The highest BCUT2D eigenvalue weighted by molar-refractivity contribution is 6.23. The zero-order valence-corrected chi connectivity index (χ0v) is 38.2. The molecule has 332 valence electrons. The summed E-state index contributed by atoms with van der Waals surface area (Å²) in [6.45, 7) is 0. The molecule has 0 bridgehead atoms. The van der Waals surface area contributed by atoms with Gasteiger partial charge in [-0.2, -0.15) is 0 Å². The van der Waals surface area contributed by atoms with Crippen molar-refractivity contribution in [2.45, 2.75) is 0 Å². The maximum absolute atomic E-state index is 6.44. The average Bonchev–Trinajstić information content (AvgIpc) is 4.15. The first-order chi connectivity index (χ1) is 35.2. The second-order valence-electron chi connectivity index (χ2n) is 17.8. The molecule has 0 aliphatic carbocycles. The van der Waals surface area contributed by atoms with Crippen molar-refractivity contribution < 1.29 is 4.42 Å². The standard InChI is InChI=1S/C64H40N6O/c1-4-16-42(17-5-1)61-66-62(43-18-6-2-7-19-43)68-63(67-61)44-32-36-49(37-33-44)70-57-29-13-11-25-52(57)54-39-38-53-51-24-10-12-28-56(51)69(58(53)59(54)70)48-34-30-41(31-35-48)46-22-14-23-47(40-46)50-26-15-27-55-60(50)71-64(65-55)45-20-8-3-9-21-45/h1-40H. The predicted octanol–water partition coefficient (Wildman–Crippen LogP) is 16.2. The van der Waals surface area contributed by atoms with Crippen LogP contribution >= 0.6 is 0 Å². The monoisotopic (exact) mass is 908 g/mol. The van der Waals surface area contributed by atoms with Crippen molar-refractivity contribution in [3.8, 4) is 79.2 Å². The molecule has 0 aliphatic heterocycles. The van der Waals surface area contributed by atoms with E-state index in [1.165, 1.54) is 21.5 Å². The maximum atomic E-state index is 6.44. The van der Waals surface area contributed by atoms with E-state index in [4.69, 9.17) is 24.4 Å². The zero-order valence-electron chi connectivity index (χ0n) is 38.2. The molecule has 0 amide bonds. The summed E-state index contributed by atoms with van der Waals surface area (Å²) >= 11 is 0. The van der Waals surface area contributed by atoms with E-state index in [2.05, 4.69) is 149 Å². The maximum Gasteiger partial charge on any atom is 0.227 e. The van der Waals surface area contributed by atoms with Gasteiger partial charge in [0.05, 0.1) is 22.1 Å². The van der Waals surface area contributed by atoms with Crippen molar-refractivity contribution in [1.82, 2.24) is 29.1 Å². The van der Waals surface area contributed by atoms with Crippen LogP contribution in [0.1, 0.15) is 0 Å². The largest absolute Gasteiger partial charge is 0.435 e. The lowest BCUT2D eigenvalue weighted by atomic mass is 9.98. The highest BCUT2D eigenvalue weighted by Gasteiger charge is 2.22. The molecule has 0 atom stereocenters. The van der Waals surface area contributed by atoms with Crippen LogP contribution in [0.2, 0.25) is 0 Å². The minimum absolute atomic E-state index is 0.618. The van der Waals surface area contributed by atoms with Gasteiger partial charge in [-0.05, 0) is 89.5 Å². The second-order valence-corrected chi connectivity index (χ2v) is 17.8. The zero-order chi connectivity index (χ0) is 46.8. The third-order valence-corrected chi connectivity index (χ3v) is 13.6. The average molecular weight is 909 g/mol. The first kappa shape index (κ1) is 40.4. The van der Waals surface area contributed by atoms with Crippen LogP contribution in [0.3, 0.4) is 0 Å². The highest BCUT2D eigenvalue weighted by atomic mass is 16.3. The van der Waals surface area contributed by atoms with Gasteiger partial charge in [0.25, 0.3) is 0 Å². The van der Waals surface area contributed by atoms with Crippen molar-refractivity contribution >= 4 is 54.7 Å². The third-order valence-electron chi connectivity index (χ3n) is 13.6. The number of aromatic nitrogens is 6. The van der Waals surface area contributed by atoms with Crippen LogP contribution in [0.15, 0.2) is 247 Å². The number of hydrogen-bond donors (Lipinski definition) is 0. The van der Waals surface area contributed by atoms with Gasteiger partial charge in [0.15, 0.2) is 23.1 Å². The minimum atomic E-state index is 0.618. The summed E-state index contributed by atoms with van der Waals surface area (Å²) in [6, 6.07) is 84.8. The number of para-hydroxylation sites is 3. The lowest BCUT2D eigenvalue weighted by molar-refractivity contribution is 0.621. The third kappa shape index (κ3) is 6.82. The summed E-state index contributed by atoms with van der Waals surface area (Å²) in [4.78, 5) is 19.8. The first-order valence-electron chi connectivity index (χ1n) is 23.8. The van der Waals surface area contributed by atoms with E-state index in [-0.39, 0.29) is 0 Å². The molecule has 0 saturated carbocycles. The number of rotatable bonds is 8. The summed E-state index contributed by atoms with van der Waals surface area (Å²) in [7, 11) is 0. The van der Waals surface area contributed by atoms with Crippen LogP contribution in [0.25, 0.3) is 134 Å². The lowest BCUT2D eigenvalue weighted by Crippen LogP contribution is -2.01. The molecule has 0 unspecified atom stereocenters. The van der Waals surface area contributed by atoms with Crippen LogP contribution in [0.4, 0.5) is 0 Å². The van der Waals surface area contributed by atoms with E-state index in [1.54, 1.807) is 0 Å². The molecule has 0 saturated heterocycles. The molecule has 4 aromatic heterocycles. The fraction of sp³-hybridized carbons (Fsp3) is 0. The quantitative estimate of drug-likeness (QED) is 0.152. The molecule has 7 heteroatoms. The van der Waals surface area contributed by atoms with Crippen LogP contribution in [-0.2, 0) is 0 Å². The Labute approximate surface area is 408 Å². The summed E-state index contributed by atoms with van der Waals surface area (Å²) in [6.07, 6.45) is 0. The highest BCUT2D eigenvalue weighted by Crippen LogP contribution is 2.43. The van der Waals surface area contributed by atoms with E-state index >= 15 is 0 Å². The fourth-order valence-electron chi connectivity index (χ4n) is 10.3. The molecule has 0 radical (unpaired) electrons.